The van der Waals surface area contributed by atoms with Gasteiger partial charge in [0, 0.05) is 8.95 Å². The van der Waals surface area contributed by atoms with Gasteiger partial charge < -0.3 is 5.11 Å². The molecule has 2 aromatic carbocycles. The fourth-order valence-electron chi connectivity index (χ4n) is 3.33. The van der Waals surface area contributed by atoms with Crippen LogP contribution in [0.1, 0.15) is 30.0 Å². The van der Waals surface area contributed by atoms with Crippen LogP contribution in [0.15, 0.2) is 57.5 Å². The van der Waals surface area contributed by atoms with Crippen LogP contribution in [0.2, 0.25) is 0 Å². The molecule has 1 unspecified atom stereocenters. The fraction of sp³-hybridized carbons (Fsp3) is 0.316. The third-order valence-electron chi connectivity index (χ3n) is 4.63. The van der Waals surface area contributed by atoms with Gasteiger partial charge in [-0.25, -0.2) is 0 Å². The number of benzene rings is 2. The Balaban J connectivity index is 1.93. The molecule has 0 spiro atoms. The van der Waals surface area contributed by atoms with Gasteiger partial charge in [0.05, 0.1) is 12.0 Å². The number of nitrogens with zero attached hydrogens (tertiary/aromatic N) is 1. The summed E-state index contributed by atoms with van der Waals surface area (Å²) >= 11 is 7.18. The largest absolute Gasteiger partial charge is 0.481 e. The van der Waals surface area contributed by atoms with Crippen LogP contribution in [0.4, 0.5) is 0 Å². The first kappa shape index (κ1) is 17.6. The van der Waals surface area contributed by atoms with E-state index in [1.165, 1.54) is 11.1 Å². The molecule has 1 heterocycles. The van der Waals surface area contributed by atoms with Gasteiger partial charge in [-0.3, -0.25) is 9.69 Å². The van der Waals surface area contributed by atoms with Crippen molar-refractivity contribution < 1.29 is 9.90 Å². The molecule has 1 fully saturated rings. The van der Waals surface area contributed by atoms with Crippen molar-refractivity contribution in [2.24, 2.45) is 5.92 Å². The van der Waals surface area contributed by atoms with Crippen molar-refractivity contribution in [2.75, 3.05) is 13.1 Å². The minimum Gasteiger partial charge on any atom is -0.481 e. The summed E-state index contributed by atoms with van der Waals surface area (Å²) in [6.07, 6.45) is 1.40. The summed E-state index contributed by atoms with van der Waals surface area (Å²) in [6, 6.07) is 16.8. The lowest BCUT2D eigenvalue weighted by Gasteiger charge is -2.37. The van der Waals surface area contributed by atoms with Crippen molar-refractivity contribution >= 4 is 37.8 Å². The number of halogens is 2. The molecule has 1 atom stereocenters. The fourth-order valence-corrected chi connectivity index (χ4v) is 4.10. The van der Waals surface area contributed by atoms with Gasteiger partial charge in [-0.2, -0.15) is 0 Å². The molecule has 1 aliphatic heterocycles. The number of carboxylic acid groups (broad SMARTS) is 1. The molecule has 3 rings (SSSR count). The lowest BCUT2D eigenvalue weighted by Crippen LogP contribution is -2.39. The van der Waals surface area contributed by atoms with E-state index in [-0.39, 0.29) is 12.0 Å². The lowest BCUT2D eigenvalue weighted by molar-refractivity contribution is -0.143. The van der Waals surface area contributed by atoms with E-state index in [1.54, 1.807) is 0 Å². The Hall–Kier alpha value is -1.17. The summed E-state index contributed by atoms with van der Waals surface area (Å²) in [6.45, 7) is 1.58. The Labute approximate surface area is 158 Å². The average Bonchev–Trinajstić information content (AvgIpc) is 2.59. The van der Waals surface area contributed by atoms with Crippen LogP contribution in [-0.2, 0) is 4.79 Å². The predicted octanol–water partition coefficient (Wildman–Crippen LogP) is 5.10. The SMILES string of the molecule is O=C(O)C1CCN(C(c2ccc(Br)cc2)c2ccccc2Br)CC1. The van der Waals surface area contributed by atoms with Gasteiger partial charge in [0.2, 0.25) is 0 Å². The van der Waals surface area contributed by atoms with Crippen LogP contribution in [0, 0.1) is 5.92 Å². The first-order valence-corrected chi connectivity index (χ1v) is 9.61. The number of piperidine rings is 1. The third kappa shape index (κ3) is 3.90. The van der Waals surface area contributed by atoms with E-state index in [4.69, 9.17) is 0 Å². The minimum absolute atomic E-state index is 0.128. The van der Waals surface area contributed by atoms with Crippen molar-refractivity contribution in [3.05, 3.63) is 68.6 Å². The summed E-state index contributed by atoms with van der Waals surface area (Å²) in [5.74, 6) is -0.887. The summed E-state index contributed by atoms with van der Waals surface area (Å²) < 4.78 is 2.14. The molecule has 126 valence electrons. The molecule has 0 aromatic heterocycles. The number of rotatable bonds is 4. The number of hydrogen-bond acceptors (Lipinski definition) is 2. The van der Waals surface area contributed by atoms with Crippen LogP contribution in [-0.4, -0.2) is 29.1 Å². The van der Waals surface area contributed by atoms with Crippen LogP contribution in [0.5, 0.6) is 0 Å². The van der Waals surface area contributed by atoms with Crippen molar-refractivity contribution in [1.82, 2.24) is 4.90 Å². The summed E-state index contributed by atoms with van der Waals surface area (Å²) in [4.78, 5) is 13.6. The molecule has 1 N–H and O–H groups in total. The lowest BCUT2D eigenvalue weighted by atomic mass is 9.91. The molecule has 1 saturated heterocycles. The predicted molar refractivity (Wildman–Crippen MR) is 102 cm³/mol. The molecular weight excluding hydrogens is 434 g/mol. The molecule has 5 heteroatoms. The third-order valence-corrected chi connectivity index (χ3v) is 5.88. The van der Waals surface area contributed by atoms with E-state index >= 15 is 0 Å². The van der Waals surface area contributed by atoms with Gasteiger partial charge in [-0.15, -0.1) is 0 Å². The molecule has 0 amide bonds. The van der Waals surface area contributed by atoms with Crippen LogP contribution in [0.3, 0.4) is 0 Å². The van der Waals surface area contributed by atoms with E-state index in [0.29, 0.717) is 12.8 Å². The topological polar surface area (TPSA) is 40.5 Å². The van der Waals surface area contributed by atoms with Gasteiger partial charge >= 0.3 is 5.97 Å². The highest BCUT2D eigenvalue weighted by Gasteiger charge is 2.30. The number of aliphatic carboxylic acids is 1. The normalized spacial score (nSPS) is 17.6. The number of hydrogen-bond donors (Lipinski definition) is 1. The zero-order valence-corrected chi connectivity index (χ0v) is 16.3. The van der Waals surface area contributed by atoms with Gasteiger partial charge in [-0.1, -0.05) is 62.2 Å². The standard InChI is InChI=1S/C19H19Br2NO2/c20-15-7-5-13(6-8-15)18(16-3-1-2-4-17(16)21)22-11-9-14(10-12-22)19(23)24/h1-8,14,18H,9-12H2,(H,23,24). The van der Waals surface area contributed by atoms with Crippen molar-refractivity contribution in [3.63, 3.8) is 0 Å². The van der Waals surface area contributed by atoms with Gasteiger partial charge in [0.25, 0.3) is 0 Å². The second-order valence-electron chi connectivity index (χ2n) is 6.12. The second-order valence-corrected chi connectivity index (χ2v) is 7.89. The van der Waals surface area contributed by atoms with E-state index in [2.05, 4.69) is 79.2 Å². The average molecular weight is 453 g/mol. The molecular formula is C19H19Br2NO2. The quantitative estimate of drug-likeness (QED) is 0.701. The Morgan fingerprint density at radius 3 is 2.25 bits per heavy atom. The molecule has 3 nitrogen and oxygen atoms in total. The molecule has 1 aliphatic rings. The van der Waals surface area contributed by atoms with E-state index in [0.717, 1.165) is 22.0 Å². The van der Waals surface area contributed by atoms with E-state index < -0.39 is 5.97 Å². The highest BCUT2D eigenvalue weighted by atomic mass is 79.9. The smallest absolute Gasteiger partial charge is 0.306 e. The zero-order valence-electron chi connectivity index (χ0n) is 13.2. The van der Waals surface area contributed by atoms with Crippen LogP contribution in [0.25, 0.3) is 0 Å². The van der Waals surface area contributed by atoms with Crippen LogP contribution >= 0.6 is 31.9 Å². The minimum atomic E-state index is -0.671. The molecule has 2 aromatic rings. The maximum Gasteiger partial charge on any atom is 0.306 e. The van der Waals surface area contributed by atoms with Gasteiger partial charge in [-0.05, 0) is 55.3 Å². The maximum absolute atomic E-state index is 11.2. The Morgan fingerprint density at radius 2 is 1.67 bits per heavy atom. The van der Waals surface area contributed by atoms with E-state index in [1.807, 2.05) is 6.07 Å². The monoisotopic (exact) mass is 451 g/mol. The summed E-state index contributed by atoms with van der Waals surface area (Å²) in [5.41, 5.74) is 2.44. The van der Waals surface area contributed by atoms with E-state index in [9.17, 15) is 9.90 Å². The Kier molecular flexibility index (Phi) is 5.74. The maximum atomic E-state index is 11.2. The molecule has 0 saturated carbocycles. The Bertz CT molecular complexity index is 710. The summed E-state index contributed by atoms with van der Waals surface area (Å²) in [7, 11) is 0. The first-order chi connectivity index (χ1) is 11.6. The number of carbonyl (C=O) groups is 1. The molecule has 0 bridgehead atoms. The number of carboxylic acids is 1. The Morgan fingerprint density at radius 1 is 1.04 bits per heavy atom. The van der Waals surface area contributed by atoms with Crippen molar-refractivity contribution in [1.29, 1.82) is 0 Å². The molecule has 0 aliphatic carbocycles. The van der Waals surface area contributed by atoms with Crippen molar-refractivity contribution in [2.45, 2.75) is 18.9 Å². The van der Waals surface area contributed by atoms with Crippen LogP contribution < -0.4 is 0 Å². The van der Waals surface area contributed by atoms with Gasteiger partial charge in [0.15, 0.2) is 0 Å². The van der Waals surface area contributed by atoms with Gasteiger partial charge in [0.1, 0.15) is 0 Å². The summed E-state index contributed by atoms with van der Waals surface area (Å²) in [5, 5.41) is 9.24. The van der Waals surface area contributed by atoms with Crippen molar-refractivity contribution in [3.8, 4) is 0 Å². The first-order valence-electron chi connectivity index (χ1n) is 8.03. The second kappa shape index (κ2) is 7.81. The highest BCUT2D eigenvalue weighted by molar-refractivity contribution is 9.10. The zero-order chi connectivity index (χ0) is 17.1. The molecule has 0 radical (unpaired) electrons. The molecule has 24 heavy (non-hydrogen) atoms. The number of likely N-dealkylation sites (tertiary alicyclic amines) is 1. The highest BCUT2D eigenvalue weighted by Crippen LogP contribution is 2.36.